The zero-order valence-corrected chi connectivity index (χ0v) is 32.1. The molecule has 13 aromatic rings. The Balaban J connectivity index is 1.06. The first kappa shape index (κ1) is 32.8. The Morgan fingerprint density at radius 3 is 1.88 bits per heavy atom. The molecule has 0 aliphatic carbocycles. The molecule has 13 rings (SSSR count). The lowest BCUT2D eigenvalue weighted by Gasteiger charge is -2.14. The van der Waals surface area contributed by atoms with Gasteiger partial charge in [0.15, 0.2) is 17.2 Å². The van der Waals surface area contributed by atoms with Crippen LogP contribution in [-0.2, 0) is 0 Å². The van der Waals surface area contributed by atoms with E-state index in [1.165, 1.54) is 16.5 Å². The van der Waals surface area contributed by atoms with Gasteiger partial charge in [-0.1, -0.05) is 115 Å². The minimum Gasteiger partial charge on any atom is -0.456 e. The van der Waals surface area contributed by atoms with E-state index in [1.54, 1.807) is 0 Å². The molecular weight excluding hydrogens is 737 g/mol. The van der Waals surface area contributed by atoms with Crippen LogP contribution >= 0.6 is 0 Å². The van der Waals surface area contributed by atoms with Crippen molar-refractivity contribution in [2.75, 3.05) is 0 Å². The fourth-order valence-corrected chi connectivity index (χ4v) is 9.20. The molecule has 0 spiro atoms. The van der Waals surface area contributed by atoms with E-state index in [4.69, 9.17) is 18.9 Å². The summed E-state index contributed by atoms with van der Waals surface area (Å²) in [4.78, 5) is 5.20. The van der Waals surface area contributed by atoms with Crippen LogP contribution in [0.25, 0.3) is 127 Å². The lowest BCUT2D eigenvalue weighted by molar-refractivity contribution is 0.666. The maximum absolute atomic E-state index is 6.88. The van der Waals surface area contributed by atoms with Crippen LogP contribution in [0.2, 0.25) is 0 Å². The largest absolute Gasteiger partial charge is 0.456 e. The number of rotatable bonds is 5. The Labute approximate surface area is 342 Å². The molecule has 4 aromatic heterocycles. The third-order valence-electron chi connectivity index (χ3n) is 12.1. The quantitative estimate of drug-likeness (QED) is 0.189. The molecule has 0 bridgehead atoms. The van der Waals surface area contributed by atoms with E-state index in [-0.39, 0.29) is 0 Å². The van der Waals surface area contributed by atoms with Crippen LogP contribution in [-0.4, -0.2) is 19.7 Å². The molecule has 9 aromatic carbocycles. The molecule has 6 nitrogen and oxygen atoms in total. The average molecular weight is 769 g/mol. The zero-order valence-electron chi connectivity index (χ0n) is 32.1. The van der Waals surface area contributed by atoms with Gasteiger partial charge in [-0.2, -0.15) is 5.10 Å². The first-order valence-corrected chi connectivity index (χ1v) is 20.1. The summed E-state index contributed by atoms with van der Waals surface area (Å²) in [5, 5.41) is 17.0. The van der Waals surface area contributed by atoms with E-state index in [1.807, 2.05) is 42.5 Å². The SMILES string of the molecule is c1ccc(-c2cccc(-c3ccc4c(c3)c3cc5ccccc5cc3n4-c3c(-c4nc(-c5ccc6oc7ccccc7c6c5)n[nH]4)ccc4c3oc3ccccc34)c2)cc1. The van der Waals surface area contributed by atoms with E-state index in [0.717, 1.165) is 99.0 Å². The summed E-state index contributed by atoms with van der Waals surface area (Å²) in [6, 6.07) is 66.2. The van der Waals surface area contributed by atoms with Gasteiger partial charge in [-0.3, -0.25) is 5.10 Å². The highest BCUT2D eigenvalue weighted by Gasteiger charge is 2.24. The summed E-state index contributed by atoms with van der Waals surface area (Å²) >= 11 is 0. The maximum Gasteiger partial charge on any atom is 0.181 e. The van der Waals surface area contributed by atoms with Gasteiger partial charge in [0, 0.05) is 43.4 Å². The lowest BCUT2D eigenvalue weighted by atomic mass is 9.97. The average Bonchev–Trinajstić information content (AvgIpc) is 4.10. The third kappa shape index (κ3) is 4.94. The Morgan fingerprint density at radius 2 is 1.03 bits per heavy atom. The van der Waals surface area contributed by atoms with Crippen LogP contribution in [0.5, 0.6) is 0 Å². The highest BCUT2D eigenvalue weighted by Crippen LogP contribution is 2.44. The Hall–Kier alpha value is -8.22. The second kappa shape index (κ2) is 12.6. The smallest absolute Gasteiger partial charge is 0.181 e. The molecule has 0 unspecified atom stereocenters. The topological polar surface area (TPSA) is 72.8 Å². The standard InChI is InChI=1S/C54H32N4O2/c1-2-11-32(12-3-1)33-15-10-16-34(27-33)37-21-25-46-43(29-37)44-28-35-13-4-5-14-36(35)31-47(44)58(46)51-42(24-23-41-39-17-6-9-20-49(39)60-52(41)51)54-55-53(56-57-54)38-22-26-50-45(30-38)40-18-7-8-19-48(40)59-50/h1-31H,(H,55,56,57). The van der Waals surface area contributed by atoms with Crippen molar-refractivity contribution in [3.8, 4) is 50.7 Å². The molecule has 0 atom stereocenters. The van der Waals surface area contributed by atoms with Crippen LogP contribution in [0.3, 0.4) is 0 Å². The molecule has 0 saturated carbocycles. The number of hydrogen-bond donors (Lipinski definition) is 1. The van der Waals surface area contributed by atoms with E-state index in [9.17, 15) is 0 Å². The fraction of sp³-hybridized carbons (Fsp3) is 0. The number of aromatic amines is 1. The highest BCUT2D eigenvalue weighted by atomic mass is 16.3. The first-order valence-electron chi connectivity index (χ1n) is 20.1. The van der Waals surface area contributed by atoms with Gasteiger partial charge in [0.2, 0.25) is 0 Å². The normalized spacial score (nSPS) is 12.0. The van der Waals surface area contributed by atoms with E-state index in [0.29, 0.717) is 11.6 Å². The van der Waals surface area contributed by atoms with E-state index in [2.05, 4.69) is 155 Å². The van der Waals surface area contributed by atoms with Gasteiger partial charge in [0.25, 0.3) is 0 Å². The van der Waals surface area contributed by atoms with Crippen molar-refractivity contribution in [2.45, 2.75) is 0 Å². The minimum atomic E-state index is 0.600. The number of hydrogen-bond acceptors (Lipinski definition) is 4. The van der Waals surface area contributed by atoms with Gasteiger partial charge in [-0.15, -0.1) is 0 Å². The van der Waals surface area contributed by atoms with E-state index < -0.39 is 0 Å². The lowest BCUT2D eigenvalue weighted by Crippen LogP contribution is -1.99. The molecule has 0 radical (unpaired) electrons. The minimum absolute atomic E-state index is 0.600. The molecule has 0 fully saturated rings. The Morgan fingerprint density at radius 1 is 0.400 bits per heavy atom. The number of fused-ring (bicyclic) bond motifs is 10. The van der Waals surface area contributed by atoms with Crippen LogP contribution in [0.1, 0.15) is 0 Å². The van der Waals surface area contributed by atoms with Crippen molar-refractivity contribution < 1.29 is 8.83 Å². The van der Waals surface area contributed by atoms with Gasteiger partial charge in [0.1, 0.15) is 22.4 Å². The molecule has 60 heavy (non-hydrogen) atoms. The van der Waals surface area contributed by atoms with Crippen molar-refractivity contribution in [2.24, 2.45) is 0 Å². The van der Waals surface area contributed by atoms with E-state index >= 15 is 0 Å². The van der Waals surface area contributed by atoms with Crippen molar-refractivity contribution in [3.63, 3.8) is 0 Å². The first-order chi connectivity index (χ1) is 29.7. The zero-order chi connectivity index (χ0) is 39.3. The molecule has 0 aliphatic rings. The number of H-pyrrole nitrogens is 1. The number of para-hydroxylation sites is 2. The van der Waals surface area contributed by atoms with Gasteiger partial charge < -0.3 is 13.4 Å². The summed E-state index contributed by atoms with van der Waals surface area (Å²) in [7, 11) is 0. The molecule has 1 N–H and O–H groups in total. The number of benzene rings is 9. The van der Waals surface area contributed by atoms with Gasteiger partial charge in [0.05, 0.1) is 11.0 Å². The summed E-state index contributed by atoms with van der Waals surface area (Å²) in [5.41, 5.74) is 12.8. The van der Waals surface area contributed by atoms with Crippen LogP contribution in [0, 0.1) is 0 Å². The van der Waals surface area contributed by atoms with Crippen molar-refractivity contribution in [3.05, 3.63) is 188 Å². The molecular formula is C54H32N4O2. The van der Waals surface area contributed by atoms with Crippen LogP contribution < -0.4 is 0 Å². The van der Waals surface area contributed by atoms with Crippen molar-refractivity contribution in [1.29, 1.82) is 0 Å². The monoisotopic (exact) mass is 768 g/mol. The molecule has 0 saturated heterocycles. The summed E-state index contributed by atoms with van der Waals surface area (Å²) in [6.07, 6.45) is 0. The van der Waals surface area contributed by atoms with Crippen molar-refractivity contribution >= 4 is 76.5 Å². The predicted molar refractivity (Wildman–Crippen MR) is 245 cm³/mol. The molecule has 0 aliphatic heterocycles. The van der Waals surface area contributed by atoms with Crippen LogP contribution in [0.15, 0.2) is 197 Å². The summed E-state index contributed by atoms with van der Waals surface area (Å²) < 4.78 is 15.4. The van der Waals surface area contributed by atoms with Crippen molar-refractivity contribution in [1.82, 2.24) is 19.7 Å². The summed E-state index contributed by atoms with van der Waals surface area (Å²) in [5.74, 6) is 1.24. The molecule has 280 valence electrons. The predicted octanol–water partition coefficient (Wildman–Crippen LogP) is 14.5. The second-order valence-corrected chi connectivity index (χ2v) is 15.5. The summed E-state index contributed by atoms with van der Waals surface area (Å²) in [6.45, 7) is 0. The van der Waals surface area contributed by atoms with Gasteiger partial charge >= 0.3 is 0 Å². The number of furan rings is 2. The second-order valence-electron chi connectivity index (χ2n) is 15.5. The molecule has 6 heteroatoms. The molecule has 4 heterocycles. The number of aromatic nitrogens is 4. The van der Waals surface area contributed by atoms with Gasteiger partial charge in [-0.25, -0.2) is 4.98 Å². The highest BCUT2D eigenvalue weighted by molar-refractivity contribution is 6.17. The van der Waals surface area contributed by atoms with Crippen LogP contribution in [0.4, 0.5) is 0 Å². The third-order valence-corrected chi connectivity index (χ3v) is 12.1. The Kier molecular flexibility index (Phi) is 6.91. The maximum atomic E-state index is 6.88. The Bertz CT molecular complexity index is 3850. The number of nitrogens with zero attached hydrogens (tertiary/aromatic N) is 3. The van der Waals surface area contributed by atoms with Gasteiger partial charge in [-0.05, 0) is 106 Å². The molecule has 0 amide bonds. The fourth-order valence-electron chi connectivity index (χ4n) is 9.20. The number of nitrogens with one attached hydrogen (secondary N) is 1.